The molecule has 2 heterocycles. The molecule has 0 fully saturated rings. The van der Waals surface area contributed by atoms with Crippen LogP contribution in [-0.2, 0) is 9.63 Å². The van der Waals surface area contributed by atoms with Crippen LogP contribution in [0.15, 0.2) is 39.1 Å². The van der Waals surface area contributed by atoms with Crippen LogP contribution in [0.3, 0.4) is 0 Å². The van der Waals surface area contributed by atoms with Crippen LogP contribution in [0.2, 0.25) is 0 Å². The van der Waals surface area contributed by atoms with Crippen LogP contribution < -0.4 is 5.73 Å². The Morgan fingerprint density at radius 3 is 2.86 bits per heavy atom. The quantitative estimate of drug-likeness (QED) is 0.442. The number of rotatable bonds is 4. The predicted molar refractivity (Wildman–Crippen MR) is 90.6 cm³/mol. The van der Waals surface area contributed by atoms with Gasteiger partial charge < -0.3 is 10.6 Å². The maximum atomic E-state index is 12.4. The highest BCUT2D eigenvalue weighted by Gasteiger charge is 2.21. The number of oxime groups is 1. The van der Waals surface area contributed by atoms with Gasteiger partial charge in [-0.1, -0.05) is 17.3 Å². The normalized spacial score (nSPS) is 11.8. The van der Waals surface area contributed by atoms with Crippen molar-refractivity contribution in [3.63, 3.8) is 0 Å². The van der Waals surface area contributed by atoms with Crippen LogP contribution in [0.5, 0.6) is 0 Å². The standard InChI is InChI=1S/C13H10N4O2S3/c1-19-17-10(8-6-20-12(14)15-8)11(18)22-13-16-7-4-2-3-5-9(7)21-13/h2-6H,1H3,(H2,14,15)/b17-10+. The average Bonchev–Trinajstić information content (AvgIpc) is 3.10. The summed E-state index contributed by atoms with van der Waals surface area (Å²) in [5, 5.41) is 5.53. The summed E-state index contributed by atoms with van der Waals surface area (Å²) in [4.78, 5) is 25.7. The molecule has 3 rings (SSSR count). The van der Waals surface area contributed by atoms with Gasteiger partial charge in [-0.2, -0.15) is 0 Å². The zero-order valence-electron chi connectivity index (χ0n) is 11.3. The molecule has 0 radical (unpaired) electrons. The van der Waals surface area contributed by atoms with Gasteiger partial charge in [0.2, 0.25) is 5.12 Å². The van der Waals surface area contributed by atoms with Crippen LogP contribution in [0, 0.1) is 0 Å². The zero-order chi connectivity index (χ0) is 15.5. The molecule has 0 aliphatic heterocycles. The Kier molecular flexibility index (Phi) is 4.36. The fourth-order valence-electron chi connectivity index (χ4n) is 1.70. The molecule has 2 N–H and O–H groups in total. The highest BCUT2D eigenvalue weighted by molar-refractivity contribution is 8.16. The number of anilines is 1. The van der Waals surface area contributed by atoms with E-state index in [0.29, 0.717) is 15.2 Å². The second-order valence-corrected chi connectivity index (χ2v) is 7.17. The van der Waals surface area contributed by atoms with E-state index in [1.54, 1.807) is 5.38 Å². The molecule has 0 aliphatic rings. The van der Waals surface area contributed by atoms with Crippen molar-refractivity contribution in [1.29, 1.82) is 0 Å². The summed E-state index contributed by atoms with van der Waals surface area (Å²) >= 11 is 3.70. The fraction of sp³-hybridized carbons (Fsp3) is 0.0769. The summed E-state index contributed by atoms with van der Waals surface area (Å²) in [5.74, 6) is 0. The minimum atomic E-state index is -0.286. The van der Waals surface area contributed by atoms with Gasteiger partial charge in [-0.25, -0.2) is 9.97 Å². The summed E-state index contributed by atoms with van der Waals surface area (Å²) in [6.07, 6.45) is 0. The molecule has 0 saturated heterocycles. The Morgan fingerprint density at radius 1 is 1.36 bits per heavy atom. The zero-order valence-corrected chi connectivity index (χ0v) is 13.8. The van der Waals surface area contributed by atoms with Crippen LogP contribution in [0.1, 0.15) is 5.69 Å². The van der Waals surface area contributed by atoms with E-state index in [-0.39, 0.29) is 10.8 Å². The molecule has 1 aromatic carbocycles. The van der Waals surface area contributed by atoms with E-state index in [9.17, 15) is 4.79 Å². The topological polar surface area (TPSA) is 90.5 Å². The minimum absolute atomic E-state index is 0.125. The Morgan fingerprint density at radius 2 is 2.18 bits per heavy atom. The van der Waals surface area contributed by atoms with Crippen molar-refractivity contribution >= 4 is 60.6 Å². The smallest absolute Gasteiger partial charge is 0.250 e. The second-order valence-electron chi connectivity index (χ2n) is 4.03. The Hall–Kier alpha value is -1.97. The number of carbonyl (C=O) groups excluding carboxylic acids is 1. The lowest BCUT2D eigenvalue weighted by molar-refractivity contribution is -0.105. The Bertz CT molecular complexity index is 823. The van der Waals surface area contributed by atoms with Gasteiger partial charge in [0.05, 0.1) is 10.2 Å². The molecule has 0 atom stereocenters. The highest BCUT2D eigenvalue weighted by atomic mass is 32.2. The van der Waals surface area contributed by atoms with E-state index in [1.165, 1.54) is 29.8 Å². The molecule has 2 aromatic heterocycles. The lowest BCUT2D eigenvalue weighted by Crippen LogP contribution is -2.13. The summed E-state index contributed by atoms with van der Waals surface area (Å²) in [6.45, 7) is 0. The lowest BCUT2D eigenvalue weighted by atomic mass is 10.3. The van der Waals surface area contributed by atoms with Crippen molar-refractivity contribution in [2.45, 2.75) is 4.34 Å². The number of fused-ring (bicyclic) bond motifs is 1. The third-order valence-corrected chi connectivity index (χ3v) is 5.24. The number of thioether (sulfide) groups is 1. The Labute approximate surface area is 138 Å². The van der Waals surface area contributed by atoms with E-state index in [4.69, 9.17) is 10.6 Å². The number of para-hydroxylation sites is 1. The van der Waals surface area contributed by atoms with Crippen molar-refractivity contribution in [2.24, 2.45) is 5.16 Å². The van der Waals surface area contributed by atoms with E-state index in [1.807, 2.05) is 24.3 Å². The number of nitrogen functional groups attached to an aromatic ring is 1. The van der Waals surface area contributed by atoms with Crippen molar-refractivity contribution in [3.05, 3.63) is 35.3 Å². The van der Waals surface area contributed by atoms with Crippen molar-refractivity contribution < 1.29 is 9.63 Å². The van der Waals surface area contributed by atoms with Gasteiger partial charge in [0, 0.05) is 5.38 Å². The molecular formula is C13H10N4O2S3. The van der Waals surface area contributed by atoms with E-state index >= 15 is 0 Å². The second kappa shape index (κ2) is 6.42. The van der Waals surface area contributed by atoms with Crippen molar-refractivity contribution in [3.8, 4) is 0 Å². The van der Waals surface area contributed by atoms with Gasteiger partial charge >= 0.3 is 0 Å². The van der Waals surface area contributed by atoms with Crippen LogP contribution in [0.4, 0.5) is 5.13 Å². The number of nitrogens with two attached hydrogens (primary N) is 1. The number of nitrogens with zero attached hydrogens (tertiary/aromatic N) is 3. The largest absolute Gasteiger partial charge is 0.398 e. The van der Waals surface area contributed by atoms with Gasteiger partial charge in [0.25, 0.3) is 0 Å². The number of thiazole rings is 2. The molecule has 0 aliphatic carbocycles. The molecule has 0 amide bonds. The maximum Gasteiger partial charge on any atom is 0.250 e. The first-order valence-electron chi connectivity index (χ1n) is 6.07. The van der Waals surface area contributed by atoms with E-state index in [0.717, 1.165) is 22.0 Å². The Balaban J connectivity index is 1.86. The molecule has 3 aromatic rings. The third-order valence-electron chi connectivity index (χ3n) is 2.59. The van der Waals surface area contributed by atoms with Gasteiger partial charge in [0.15, 0.2) is 15.2 Å². The van der Waals surface area contributed by atoms with Gasteiger partial charge in [-0.05, 0) is 23.9 Å². The van der Waals surface area contributed by atoms with E-state index < -0.39 is 0 Å². The molecule has 6 nitrogen and oxygen atoms in total. The van der Waals surface area contributed by atoms with Crippen LogP contribution in [-0.4, -0.2) is 27.9 Å². The molecule has 0 bridgehead atoms. The maximum absolute atomic E-state index is 12.4. The molecule has 112 valence electrons. The number of hydrogen-bond donors (Lipinski definition) is 1. The first kappa shape index (κ1) is 14.9. The van der Waals surface area contributed by atoms with Crippen molar-refractivity contribution in [1.82, 2.24) is 9.97 Å². The molecule has 0 spiro atoms. The molecule has 0 unspecified atom stereocenters. The van der Waals surface area contributed by atoms with Crippen molar-refractivity contribution in [2.75, 3.05) is 12.8 Å². The molecule has 22 heavy (non-hydrogen) atoms. The van der Waals surface area contributed by atoms with E-state index in [2.05, 4.69) is 15.1 Å². The molecule has 9 heteroatoms. The number of aromatic nitrogens is 2. The lowest BCUT2D eigenvalue weighted by Gasteiger charge is -1.99. The summed E-state index contributed by atoms with van der Waals surface area (Å²) in [7, 11) is 1.38. The molecule has 0 saturated carbocycles. The predicted octanol–water partition coefficient (Wildman–Crippen LogP) is 3.00. The van der Waals surface area contributed by atoms with Crippen LogP contribution >= 0.6 is 34.4 Å². The van der Waals surface area contributed by atoms with Gasteiger partial charge in [-0.15, -0.1) is 22.7 Å². The first-order valence-corrected chi connectivity index (χ1v) is 8.59. The summed E-state index contributed by atoms with van der Waals surface area (Å²) in [5.41, 5.74) is 7.00. The third kappa shape index (κ3) is 3.11. The molecular weight excluding hydrogens is 340 g/mol. The SMILES string of the molecule is CO/N=C(/C(=O)Sc1nc2ccccc2s1)c1csc(N)n1. The number of carbonyl (C=O) groups is 1. The number of benzene rings is 1. The average molecular weight is 350 g/mol. The van der Waals surface area contributed by atoms with Gasteiger partial charge in [-0.3, -0.25) is 4.79 Å². The first-order chi connectivity index (χ1) is 10.7. The minimum Gasteiger partial charge on any atom is -0.398 e. The summed E-state index contributed by atoms with van der Waals surface area (Å²) < 4.78 is 1.68. The fourth-order valence-corrected chi connectivity index (χ4v) is 4.15. The highest BCUT2D eigenvalue weighted by Crippen LogP contribution is 2.30. The number of hydrogen-bond acceptors (Lipinski definition) is 9. The van der Waals surface area contributed by atoms with Gasteiger partial charge in [0.1, 0.15) is 12.8 Å². The summed E-state index contributed by atoms with van der Waals surface area (Å²) in [6, 6.07) is 7.72. The monoisotopic (exact) mass is 350 g/mol. The van der Waals surface area contributed by atoms with Crippen LogP contribution in [0.25, 0.3) is 10.2 Å².